The van der Waals surface area contributed by atoms with E-state index in [0.29, 0.717) is 18.8 Å². The molecule has 2 rings (SSSR count). The molecule has 0 unspecified atom stereocenters. The van der Waals surface area contributed by atoms with Gasteiger partial charge < -0.3 is 9.88 Å². The van der Waals surface area contributed by atoms with Gasteiger partial charge in [0.05, 0.1) is 17.1 Å². The third-order valence-corrected chi connectivity index (χ3v) is 5.84. The molecule has 140 valence electrons. The lowest BCUT2D eigenvalue weighted by molar-refractivity contribution is -0.121. The predicted octanol–water partition coefficient (Wildman–Crippen LogP) is 0.590. The minimum absolute atomic E-state index is 0.0154. The Kier molecular flexibility index (Phi) is 6.64. The van der Waals surface area contributed by atoms with Crippen molar-refractivity contribution < 1.29 is 13.2 Å². The number of sulfonamides is 1. The SMILES string of the molecule is CCN(CC)S(=O)(=O)c1ccc(=O)n(CC(=O)NCc2ccccn2)c1. The van der Waals surface area contributed by atoms with Crippen molar-refractivity contribution in [2.45, 2.75) is 31.8 Å². The van der Waals surface area contributed by atoms with Crippen molar-refractivity contribution in [1.29, 1.82) is 0 Å². The van der Waals surface area contributed by atoms with E-state index in [1.807, 2.05) is 0 Å². The average Bonchev–Trinajstić information content (AvgIpc) is 2.63. The van der Waals surface area contributed by atoms with Gasteiger partial charge in [0.15, 0.2) is 0 Å². The molecule has 0 aliphatic rings. The van der Waals surface area contributed by atoms with E-state index in [2.05, 4.69) is 10.3 Å². The average molecular weight is 378 g/mol. The Bertz CT molecular complexity index is 906. The summed E-state index contributed by atoms with van der Waals surface area (Å²) < 4.78 is 27.5. The molecule has 2 aromatic heterocycles. The van der Waals surface area contributed by atoms with E-state index in [0.717, 1.165) is 10.6 Å². The minimum atomic E-state index is -3.70. The number of nitrogens with zero attached hydrogens (tertiary/aromatic N) is 3. The van der Waals surface area contributed by atoms with Gasteiger partial charge in [-0.15, -0.1) is 0 Å². The van der Waals surface area contributed by atoms with Crippen molar-refractivity contribution in [1.82, 2.24) is 19.2 Å². The highest BCUT2D eigenvalue weighted by molar-refractivity contribution is 7.89. The van der Waals surface area contributed by atoms with Crippen molar-refractivity contribution in [3.8, 4) is 0 Å². The number of hydrogen-bond acceptors (Lipinski definition) is 5. The summed E-state index contributed by atoms with van der Waals surface area (Å²) in [6.07, 6.45) is 2.82. The van der Waals surface area contributed by atoms with Crippen molar-refractivity contribution in [3.05, 3.63) is 58.8 Å². The fraction of sp³-hybridized carbons (Fsp3) is 0.353. The molecular formula is C17H22N4O4S. The van der Waals surface area contributed by atoms with Crippen LogP contribution in [0, 0.1) is 0 Å². The second-order valence-electron chi connectivity index (χ2n) is 5.52. The minimum Gasteiger partial charge on any atom is -0.349 e. The van der Waals surface area contributed by atoms with Crippen LogP contribution in [-0.4, -0.2) is 41.3 Å². The summed E-state index contributed by atoms with van der Waals surface area (Å²) >= 11 is 0. The summed E-state index contributed by atoms with van der Waals surface area (Å²) in [5.74, 6) is -0.407. The van der Waals surface area contributed by atoms with Crippen LogP contribution in [0.2, 0.25) is 0 Å². The summed E-state index contributed by atoms with van der Waals surface area (Å²) in [6.45, 7) is 4.08. The number of aromatic nitrogens is 2. The van der Waals surface area contributed by atoms with E-state index in [1.165, 1.54) is 16.6 Å². The Labute approximate surface area is 152 Å². The van der Waals surface area contributed by atoms with E-state index < -0.39 is 21.5 Å². The highest BCUT2D eigenvalue weighted by Crippen LogP contribution is 2.13. The molecule has 0 aliphatic heterocycles. The Morgan fingerprint density at radius 2 is 1.92 bits per heavy atom. The molecule has 0 bridgehead atoms. The molecule has 8 nitrogen and oxygen atoms in total. The molecule has 1 N–H and O–H groups in total. The molecule has 2 heterocycles. The fourth-order valence-corrected chi connectivity index (χ4v) is 3.88. The summed E-state index contributed by atoms with van der Waals surface area (Å²) in [6, 6.07) is 7.76. The summed E-state index contributed by atoms with van der Waals surface area (Å²) in [7, 11) is -3.70. The van der Waals surface area contributed by atoms with Crippen LogP contribution in [0.5, 0.6) is 0 Å². The molecule has 1 amide bonds. The van der Waals surface area contributed by atoms with Crippen molar-refractivity contribution in [2.75, 3.05) is 13.1 Å². The highest BCUT2D eigenvalue weighted by Gasteiger charge is 2.22. The Morgan fingerprint density at radius 1 is 1.19 bits per heavy atom. The zero-order chi connectivity index (χ0) is 19.2. The normalized spacial score (nSPS) is 11.5. The first kappa shape index (κ1) is 19.8. The Balaban J connectivity index is 2.14. The molecule has 0 fully saturated rings. The van der Waals surface area contributed by atoms with E-state index in [9.17, 15) is 18.0 Å². The Morgan fingerprint density at radius 3 is 2.54 bits per heavy atom. The monoisotopic (exact) mass is 378 g/mol. The van der Waals surface area contributed by atoms with E-state index in [-0.39, 0.29) is 18.0 Å². The number of nitrogens with one attached hydrogen (secondary N) is 1. The fourth-order valence-electron chi connectivity index (χ4n) is 2.40. The smallest absolute Gasteiger partial charge is 0.251 e. The molecule has 0 aliphatic carbocycles. The standard InChI is InChI=1S/C17H22N4O4S/c1-3-21(4-2)26(24,25)15-8-9-17(23)20(12-15)13-16(22)19-11-14-7-5-6-10-18-14/h5-10,12H,3-4,11,13H2,1-2H3,(H,19,22). The maximum Gasteiger partial charge on any atom is 0.251 e. The predicted molar refractivity (Wildman–Crippen MR) is 96.9 cm³/mol. The van der Waals surface area contributed by atoms with Gasteiger partial charge in [-0.05, 0) is 18.2 Å². The molecular weight excluding hydrogens is 356 g/mol. The number of carbonyl (C=O) groups is 1. The van der Waals surface area contributed by atoms with E-state index >= 15 is 0 Å². The van der Waals surface area contributed by atoms with Crippen LogP contribution in [0.25, 0.3) is 0 Å². The van der Waals surface area contributed by atoms with Crippen LogP contribution in [-0.2, 0) is 27.9 Å². The van der Waals surface area contributed by atoms with Gasteiger partial charge >= 0.3 is 0 Å². The molecule has 2 aromatic rings. The van der Waals surface area contributed by atoms with E-state index in [4.69, 9.17) is 0 Å². The third kappa shape index (κ3) is 4.77. The lowest BCUT2D eigenvalue weighted by atomic mass is 10.3. The van der Waals surface area contributed by atoms with Gasteiger partial charge in [0, 0.05) is 31.5 Å². The topological polar surface area (TPSA) is 101 Å². The molecule has 0 saturated heterocycles. The number of carbonyl (C=O) groups excluding carboxylic acids is 1. The van der Waals surface area contributed by atoms with Crippen LogP contribution in [0.4, 0.5) is 0 Å². The second-order valence-corrected chi connectivity index (χ2v) is 7.46. The number of amides is 1. The molecule has 26 heavy (non-hydrogen) atoms. The van der Waals surface area contributed by atoms with Crippen molar-refractivity contribution >= 4 is 15.9 Å². The lowest BCUT2D eigenvalue weighted by Gasteiger charge is -2.19. The summed E-state index contributed by atoms with van der Waals surface area (Å²) in [4.78, 5) is 28.1. The third-order valence-electron chi connectivity index (χ3n) is 3.81. The van der Waals surface area contributed by atoms with Gasteiger partial charge in [0.2, 0.25) is 15.9 Å². The quantitative estimate of drug-likeness (QED) is 0.724. The number of rotatable bonds is 8. The van der Waals surface area contributed by atoms with Crippen LogP contribution in [0.3, 0.4) is 0 Å². The van der Waals surface area contributed by atoms with Gasteiger partial charge in [0.1, 0.15) is 6.54 Å². The molecule has 0 spiro atoms. The summed E-state index contributed by atoms with van der Waals surface area (Å²) in [5.41, 5.74) is 0.238. The van der Waals surface area contributed by atoms with Gasteiger partial charge in [-0.1, -0.05) is 19.9 Å². The first-order chi connectivity index (χ1) is 12.4. The van der Waals surface area contributed by atoms with Gasteiger partial charge in [0.25, 0.3) is 5.56 Å². The molecule has 0 radical (unpaired) electrons. The first-order valence-electron chi connectivity index (χ1n) is 8.25. The Hall–Kier alpha value is -2.52. The zero-order valence-corrected chi connectivity index (χ0v) is 15.6. The van der Waals surface area contributed by atoms with Crippen LogP contribution < -0.4 is 10.9 Å². The van der Waals surface area contributed by atoms with E-state index in [1.54, 1.807) is 38.2 Å². The highest BCUT2D eigenvalue weighted by atomic mass is 32.2. The maximum atomic E-state index is 12.6. The van der Waals surface area contributed by atoms with Crippen LogP contribution >= 0.6 is 0 Å². The zero-order valence-electron chi connectivity index (χ0n) is 14.8. The first-order valence-corrected chi connectivity index (χ1v) is 9.69. The number of hydrogen-bond donors (Lipinski definition) is 1. The molecule has 0 atom stereocenters. The van der Waals surface area contributed by atoms with Gasteiger partial charge in [-0.3, -0.25) is 14.6 Å². The summed E-state index contributed by atoms with van der Waals surface area (Å²) in [5, 5.41) is 2.66. The van der Waals surface area contributed by atoms with Crippen molar-refractivity contribution in [2.24, 2.45) is 0 Å². The molecule has 0 saturated carbocycles. The molecule has 9 heteroatoms. The maximum absolute atomic E-state index is 12.6. The van der Waals surface area contributed by atoms with Gasteiger partial charge in [-0.25, -0.2) is 8.42 Å². The molecule has 0 aromatic carbocycles. The lowest BCUT2D eigenvalue weighted by Crippen LogP contribution is -2.34. The van der Waals surface area contributed by atoms with Crippen LogP contribution in [0.1, 0.15) is 19.5 Å². The van der Waals surface area contributed by atoms with Gasteiger partial charge in [-0.2, -0.15) is 4.31 Å². The second kappa shape index (κ2) is 8.72. The largest absolute Gasteiger partial charge is 0.349 e. The van der Waals surface area contributed by atoms with Crippen LogP contribution in [0.15, 0.2) is 52.4 Å². The number of pyridine rings is 2. The van der Waals surface area contributed by atoms with Crippen molar-refractivity contribution in [3.63, 3.8) is 0 Å².